The predicted molar refractivity (Wildman–Crippen MR) is 143 cm³/mol. The molecule has 0 heterocycles. The van der Waals surface area contributed by atoms with Crippen LogP contribution in [0.5, 0.6) is 0 Å². The van der Waals surface area contributed by atoms with Gasteiger partial charge in [0.2, 0.25) is 0 Å². The molecule has 0 unspecified atom stereocenters. The minimum absolute atomic E-state index is 0.139. The number of aliphatic carboxylic acids is 1. The molecule has 0 aliphatic heterocycles. The van der Waals surface area contributed by atoms with Crippen molar-refractivity contribution in [2.45, 2.75) is 142 Å². The largest absolute Gasteiger partial charge is 0.478 e. The highest BCUT2D eigenvalue weighted by molar-refractivity contribution is 5.87. The molecule has 0 amide bonds. The molecule has 222 valence electrons. The molecule has 0 saturated carbocycles. The molecule has 0 bridgehead atoms. The van der Waals surface area contributed by atoms with E-state index in [4.69, 9.17) is 18.9 Å². The van der Waals surface area contributed by atoms with Gasteiger partial charge in [-0.1, -0.05) is 71.1 Å². The van der Waals surface area contributed by atoms with Crippen LogP contribution in [-0.2, 0) is 42.9 Å². The van der Waals surface area contributed by atoms with Crippen LogP contribution in [0.25, 0.3) is 0 Å². The highest BCUT2D eigenvalue weighted by atomic mass is 16.6. The molecule has 10 nitrogen and oxygen atoms in total. The molecular formula is C29H46O10. The van der Waals surface area contributed by atoms with Crippen LogP contribution < -0.4 is 0 Å². The van der Waals surface area contributed by atoms with Crippen molar-refractivity contribution in [3.8, 4) is 0 Å². The zero-order valence-electron chi connectivity index (χ0n) is 23.9. The number of hydrogen-bond acceptors (Lipinski definition) is 9. The van der Waals surface area contributed by atoms with Gasteiger partial charge in [-0.05, 0) is 18.9 Å². The number of carboxylic acids is 1. The third kappa shape index (κ3) is 15.3. The quantitative estimate of drug-likeness (QED) is 0.129. The van der Waals surface area contributed by atoms with E-state index in [0.717, 1.165) is 39.5 Å². The zero-order chi connectivity index (χ0) is 29.2. The lowest BCUT2D eigenvalue weighted by molar-refractivity contribution is -0.182. The molecule has 0 spiro atoms. The molecule has 1 aliphatic rings. The van der Waals surface area contributed by atoms with Crippen LogP contribution in [0.4, 0.5) is 0 Å². The Hall–Kier alpha value is -2.91. The van der Waals surface area contributed by atoms with Crippen molar-refractivity contribution < 1.29 is 48.0 Å². The van der Waals surface area contributed by atoms with E-state index in [9.17, 15) is 29.1 Å². The molecule has 1 N–H and O–H groups in total. The van der Waals surface area contributed by atoms with Crippen LogP contribution in [0.2, 0.25) is 0 Å². The topological polar surface area (TPSA) is 143 Å². The molecule has 0 saturated heterocycles. The van der Waals surface area contributed by atoms with Crippen molar-refractivity contribution in [2.75, 3.05) is 0 Å². The smallest absolute Gasteiger partial charge is 0.331 e. The molecule has 4 atom stereocenters. The molecule has 0 aromatic rings. The van der Waals surface area contributed by atoms with E-state index in [1.165, 1.54) is 57.9 Å². The minimum atomic E-state index is -1.29. The van der Waals surface area contributed by atoms with Gasteiger partial charge in [0.05, 0.1) is 6.42 Å². The summed E-state index contributed by atoms with van der Waals surface area (Å²) in [6, 6.07) is 0. The summed E-state index contributed by atoms with van der Waals surface area (Å²) in [6.07, 6.45) is 9.72. The van der Waals surface area contributed by atoms with Crippen molar-refractivity contribution in [2.24, 2.45) is 0 Å². The van der Waals surface area contributed by atoms with Crippen molar-refractivity contribution in [3.05, 3.63) is 11.6 Å². The maximum atomic E-state index is 12.8. The standard InChI is InChI=1S/C29H46O10/c1-5-6-7-8-9-10-11-12-13-14-15-16-24(36-20(2)30)19-27(33)39-26-18-23(29(34)35)17-25(37-21(3)31)28(26)38-22(4)32/h18,24-26,28H,5-17,19H2,1-4H3,(H,34,35)/t24-,25-,26-,28+/m1/s1. The molecule has 1 aliphatic carbocycles. The molecule has 39 heavy (non-hydrogen) atoms. The molecule has 0 aromatic heterocycles. The van der Waals surface area contributed by atoms with Crippen molar-refractivity contribution in [1.29, 1.82) is 0 Å². The van der Waals surface area contributed by atoms with Crippen LogP contribution in [0.3, 0.4) is 0 Å². The number of carbonyl (C=O) groups excluding carboxylic acids is 4. The van der Waals surface area contributed by atoms with Gasteiger partial charge in [0, 0.05) is 32.8 Å². The Labute approximate surface area is 231 Å². The summed E-state index contributed by atoms with van der Waals surface area (Å²) in [4.78, 5) is 59.3. The van der Waals surface area contributed by atoms with E-state index in [2.05, 4.69) is 6.92 Å². The number of carbonyl (C=O) groups is 5. The minimum Gasteiger partial charge on any atom is -0.478 e. The van der Waals surface area contributed by atoms with Gasteiger partial charge in [-0.25, -0.2) is 4.79 Å². The van der Waals surface area contributed by atoms with Crippen LogP contribution in [0.1, 0.15) is 118 Å². The molecule has 1 rings (SSSR count). The lowest BCUT2D eigenvalue weighted by Crippen LogP contribution is -2.48. The number of esters is 4. The number of hydrogen-bond donors (Lipinski definition) is 1. The number of rotatable bonds is 19. The molecule has 0 radical (unpaired) electrons. The first-order valence-corrected chi connectivity index (χ1v) is 14.2. The van der Waals surface area contributed by atoms with Crippen molar-refractivity contribution >= 4 is 29.8 Å². The van der Waals surface area contributed by atoms with E-state index in [1.807, 2.05) is 0 Å². The lowest BCUT2D eigenvalue weighted by Gasteiger charge is -2.34. The van der Waals surface area contributed by atoms with Gasteiger partial charge in [0.15, 0.2) is 12.2 Å². The highest BCUT2D eigenvalue weighted by Gasteiger charge is 2.42. The Morgan fingerprint density at radius 3 is 1.82 bits per heavy atom. The Morgan fingerprint density at radius 1 is 0.795 bits per heavy atom. The second-order valence-corrected chi connectivity index (χ2v) is 10.1. The van der Waals surface area contributed by atoms with E-state index >= 15 is 0 Å². The fraction of sp³-hybridized carbons (Fsp3) is 0.759. The Balaban J connectivity index is 2.66. The number of ether oxygens (including phenoxy) is 4. The average Bonchev–Trinajstić information content (AvgIpc) is 2.83. The highest BCUT2D eigenvalue weighted by Crippen LogP contribution is 2.28. The van der Waals surface area contributed by atoms with Crippen LogP contribution in [0, 0.1) is 0 Å². The van der Waals surface area contributed by atoms with Gasteiger partial charge in [-0.3, -0.25) is 19.2 Å². The third-order valence-corrected chi connectivity index (χ3v) is 6.50. The summed E-state index contributed by atoms with van der Waals surface area (Å²) in [7, 11) is 0. The van der Waals surface area contributed by atoms with E-state index in [1.54, 1.807) is 0 Å². The molecule has 10 heteroatoms. The van der Waals surface area contributed by atoms with Crippen molar-refractivity contribution in [1.82, 2.24) is 0 Å². The fourth-order valence-corrected chi connectivity index (χ4v) is 4.68. The van der Waals surface area contributed by atoms with Crippen molar-refractivity contribution in [3.63, 3.8) is 0 Å². The maximum Gasteiger partial charge on any atom is 0.331 e. The Bertz CT molecular complexity index is 834. The summed E-state index contributed by atoms with van der Waals surface area (Å²) in [5.41, 5.74) is -0.139. The molecular weight excluding hydrogens is 508 g/mol. The predicted octanol–water partition coefficient (Wildman–Crippen LogP) is 5.20. The summed E-state index contributed by atoms with van der Waals surface area (Å²) < 4.78 is 21.2. The van der Waals surface area contributed by atoms with Gasteiger partial charge in [-0.2, -0.15) is 0 Å². The third-order valence-electron chi connectivity index (χ3n) is 6.50. The Morgan fingerprint density at radius 2 is 1.33 bits per heavy atom. The second kappa shape index (κ2) is 19.2. The van der Waals surface area contributed by atoms with Gasteiger partial charge in [0.1, 0.15) is 12.2 Å². The summed E-state index contributed by atoms with van der Waals surface area (Å²) in [5, 5.41) is 9.47. The van der Waals surface area contributed by atoms with Gasteiger partial charge >= 0.3 is 29.8 Å². The van der Waals surface area contributed by atoms with E-state index < -0.39 is 54.3 Å². The number of unbranched alkanes of at least 4 members (excludes halogenated alkanes) is 10. The fourth-order valence-electron chi connectivity index (χ4n) is 4.68. The second-order valence-electron chi connectivity index (χ2n) is 10.1. The van der Waals surface area contributed by atoms with Crippen LogP contribution >= 0.6 is 0 Å². The summed E-state index contributed by atoms with van der Waals surface area (Å²) in [5.74, 6) is -3.95. The first-order chi connectivity index (χ1) is 18.5. The van der Waals surface area contributed by atoms with Gasteiger partial charge in [-0.15, -0.1) is 0 Å². The van der Waals surface area contributed by atoms with E-state index in [0.29, 0.717) is 6.42 Å². The zero-order valence-corrected chi connectivity index (χ0v) is 23.9. The lowest BCUT2D eigenvalue weighted by atomic mass is 9.91. The SMILES string of the molecule is CCCCCCCCCCCCC[C@H](CC(=O)O[C@@H]1C=C(C(=O)O)C[C@@H](OC(C)=O)[C@@H]1OC(C)=O)OC(C)=O. The average molecular weight is 555 g/mol. The van der Waals surface area contributed by atoms with Crippen LogP contribution in [0.15, 0.2) is 11.6 Å². The van der Waals surface area contributed by atoms with E-state index in [-0.39, 0.29) is 18.4 Å². The normalized spacial score (nSPS) is 19.4. The van der Waals surface area contributed by atoms with Crippen LogP contribution in [-0.4, -0.2) is 59.4 Å². The number of carboxylic acid groups (broad SMARTS) is 1. The maximum absolute atomic E-state index is 12.8. The van der Waals surface area contributed by atoms with Gasteiger partial charge < -0.3 is 24.1 Å². The summed E-state index contributed by atoms with van der Waals surface area (Å²) in [6.45, 7) is 5.76. The first kappa shape index (κ1) is 34.1. The summed E-state index contributed by atoms with van der Waals surface area (Å²) >= 11 is 0. The Kier molecular flexibility index (Phi) is 16.8. The van der Waals surface area contributed by atoms with Gasteiger partial charge in [0.25, 0.3) is 0 Å². The first-order valence-electron chi connectivity index (χ1n) is 14.2. The monoisotopic (exact) mass is 554 g/mol. The molecule has 0 fully saturated rings. The molecule has 0 aromatic carbocycles.